The molecule has 1 aromatic heterocycles. The minimum absolute atomic E-state index is 0.0547. The van der Waals surface area contributed by atoms with Gasteiger partial charge in [-0.25, -0.2) is 18.1 Å². The van der Waals surface area contributed by atoms with Gasteiger partial charge in [-0.2, -0.15) is 0 Å². The first kappa shape index (κ1) is 15.7. The van der Waals surface area contributed by atoms with E-state index in [-0.39, 0.29) is 10.9 Å². The average molecular weight is 326 g/mol. The van der Waals surface area contributed by atoms with Crippen molar-refractivity contribution in [3.63, 3.8) is 0 Å². The molecule has 0 aliphatic rings. The summed E-state index contributed by atoms with van der Waals surface area (Å²) in [5.74, 6) is 0. The number of benzene rings is 1. The number of nitrogen functional groups attached to an aromatic ring is 1. The van der Waals surface area contributed by atoms with E-state index in [0.29, 0.717) is 11.4 Å². The second kappa shape index (κ2) is 6.42. The van der Waals surface area contributed by atoms with Gasteiger partial charge in [0, 0.05) is 11.6 Å². The summed E-state index contributed by atoms with van der Waals surface area (Å²) in [6.45, 7) is 2.05. The molecule has 0 bridgehead atoms. The van der Waals surface area contributed by atoms with E-state index in [0.717, 1.165) is 11.4 Å². The van der Waals surface area contributed by atoms with Crippen molar-refractivity contribution in [2.24, 2.45) is 0 Å². The third-order valence-corrected chi connectivity index (χ3v) is 5.39. The largest absolute Gasteiger partial charge is 0.397 e. The van der Waals surface area contributed by atoms with E-state index in [1.165, 1.54) is 19.2 Å². The molecule has 1 unspecified atom stereocenters. The van der Waals surface area contributed by atoms with Crippen LogP contribution < -0.4 is 15.8 Å². The van der Waals surface area contributed by atoms with E-state index >= 15 is 0 Å². The Morgan fingerprint density at radius 3 is 2.71 bits per heavy atom. The first-order chi connectivity index (χ1) is 9.97. The number of nitrogens with one attached hydrogen (secondary N) is 2. The van der Waals surface area contributed by atoms with Gasteiger partial charge in [0.25, 0.3) is 0 Å². The number of nitrogens with two attached hydrogens (primary N) is 1. The monoisotopic (exact) mass is 326 g/mol. The zero-order valence-electron chi connectivity index (χ0n) is 11.8. The second-order valence-corrected chi connectivity index (χ2v) is 7.24. The number of hydrogen-bond donors (Lipinski definition) is 3. The highest BCUT2D eigenvalue weighted by atomic mass is 32.2. The summed E-state index contributed by atoms with van der Waals surface area (Å²) in [6.07, 6.45) is 2.61. The lowest BCUT2D eigenvalue weighted by Gasteiger charge is -2.18. The van der Waals surface area contributed by atoms with Crippen molar-refractivity contribution in [2.45, 2.75) is 24.3 Å². The van der Waals surface area contributed by atoms with Crippen molar-refractivity contribution in [3.8, 4) is 0 Å². The quantitative estimate of drug-likeness (QED) is 0.707. The van der Waals surface area contributed by atoms with Crippen molar-refractivity contribution in [3.05, 3.63) is 34.8 Å². The van der Waals surface area contributed by atoms with Crippen molar-refractivity contribution in [2.75, 3.05) is 18.1 Å². The molecule has 0 spiro atoms. The second-order valence-electron chi connectivity index (χ2n) is 4.43. The molecule has 1 atom stereocenters. The van der Waals surface area contributed by atoms with Gasteiger partial charge < -0.3 is 11.1 Å². The fourth-order valence-corrected chi connectivity index (χ4v) is 3.43. The number of rotatable bonds is 6. The highest BCUT2D eigenvalue weighted by Gasteiger charge is 2.16. The number of anilines is 2. The Bertz CT molecular complexity index is 699. The number of aromatic nitrogens is 1. The molecular weight excluding hydrogens is 308 g/mol. The molecule has 1 heterocycles. The Hall–Kier alpha value is -1.64. The first-order valence-electron chi connectivity index (χ1n) is 6.47. The minimum Gasteiger partial charge on any atom is -0.397 e. The summed E-state index contributed by atoms with van der Waals surface area (Å²) < 4.78 is 25.7. The van der Waals surface area contributed by atoms with Gasteiger partial charge in [0.05, 0.1) is 22.3 Å². The van der Waals surface area contributed by atoms with Crippen molar-refractivity contribution in [1.29, 1.82) is 0 Å². The maximum absolute atomic E-state index is 11.7. The molecule has 4 N–H and O–H groups in total. The molecule has 0 saturated heterocycles. The molecule has 2 aromatic rings. The number of hydrogen-bond acceptors (Lipinski definition) is 6. The summed E-state index contributed by atoms with van der Waals surface area (Å²) in [6, 6.07) is 4.71. The van der Waals surface area contributed by atoms with Crippen LogP contribution >= 0.6 is 11.3 Å². The molecular formula is C13H18N4O2S2. The van der Waals surface area contributed by atoms with Crippen LogP contribution in [0.2, 0.25) is 0 Å². The Morgan fingerprint density at radius 2 is 2.19 bits per heavy atom. The number of thiazole rings is 1. The van der Waals surface area contributed by atoms with Gasteiger partial charge in [-0.1, -0.05) is 6.92 Å². The first-order valence-corrected chi connectivity index (χ1v) is 8.83. The molecule has 0 aliphatic carbocycles. The molecule has 0 radical (unpaired) electrons. The maximum Gasteiger partial charge on any atom is 0.240 e. The van der Waals surface area contributed by atoms with Crippen LogP contribution in [0.15, 0.2) is 34.7 Å². The van der Waals surface area contributed by atoms with Gasteiger partial charge in [0.15, 0.2) is 0 Å². The lowest BCUT2D eigenvalue weighted by molar-refractivity contribution is 0.588. The summed E-state index contributed by atoms with van der Waals surface area (Å²) in [5, 5.41) is 6.20. The minimum atomic E-state index is -3.48. The Labute approximate surface area is 128 Å². The molecule has 0 aliphatic heterocycles. The topological polar surface area (TPSA) is 97.1 Å². The third-order valence-electron chi connectivity index (χ3n) is 3.09. The Balaban J connectivity index is 2.26. The molecule has 8 heteroatoms. The molecule has 6 nitrogen and oxygen atoms in total. The van der Waals surface area contributed by atoms with Gasteiger partial charge in [0.2, 0.25) is 10.0 Å². The molecule has 0 amide bonds. The predicted octanol–water partition coefficient (Wildman–Crippen LogP) is 2.20. The van der Waals surface area contributed by atoms with E-state index < -0.39 is 10.0 Å². The normalized spacial score (nSPS) is 13.0. The van der Waals surface area contributed by atoms with Crippen molar-refractivity contribution >= 4 is 32.7 Å². The van der Waals surface area contributed by atoms with Crippen LogP contribution in [0.5, 0.6) is 0 Å². The average Bonchev–Trinajstić information content (AvgIpc) is 3.00. The highest BCUT2D eigenvalue weighted by molar-refractivity contribution is 7.89. The summed E-state index contributed by atoms with van der Waals surface area (Å²) >= 11 is 1.57. The smallest absolute Gasteiger partial charge is 0.240 e. The van der Waals surface area contributed by atoms with Crippen LogP contribution in [0.1, 0.15) is 24.4 Å². The number of sulfonamides is 1. The lowest BCUT2D eigenvalue weighted by atomic mass is 10.2. The zero-order chi connectivity index (χ0) is 15.5. The van der Waals surface area contributed by atoms with Crippen LogP contribution in [-0.4, -0.2) is 20.4 Å². The summed E-state index contributed by atoms with van der Waals surface area (Å²) in [5.41, 5.74) is 7.05. The molecule has 0 saturated carbocycles. The molecule has 21 heavy (non-hydrogen) atoms. The fourth-order valence-electron chi connectivity index (χ4n) is 1.89. The van der Waals surface area contributed by atoms with Crippen LogP contribution in [-0.2, 0) is 10.0 Å². The van der Waals surface area contributed by atoms with E-state index in [1.807, 2.05) is 5.38 Å². The molecule has 114 valence electrons. The predicted molar refractivity (Wildman–Crippen MR) is 85.9 cm³/mol. The van der Waals surface area contributed by atoms with E-state index in [1.54, 1.807) is 23.6 Å². The third kappa shape index (κ3) is 3.52. The van der Waals surface area contributed by atoms with Crippen molar-refractivity contribution < 1.29 is 8.42 Å². The van der Waals surface area contributed by atoms with Gasteiger partial charge in [-0.3, -0.25) is 0 Å². The van der Waals surface area contributed by atoms with Gasteiger partial charge >= 0.3 is 0 Å². The fraction of sp³-hybridized carbons (Fsp3) is 0.308. The Kier molecular flexibility index (Phi) is 4.81. The highest BCUT2D eigenvalue weighted by Crippen LogP contribution is 2.29. The van der Waals surface area contributed by atoms with Crippen molar-refractivity contribution in [1.82, 2.24) is 9.71 Å². The SMILES string of the molecule is CCC(Nc1ccc(S(=O)(=O)NC)cc1N)c1nccs1. The maximum atomic E-state index is 11.7. The van der Waals surface area contributed by atoms with Crippen LogP contribution in [0.3, 0.4) is 0 Å². The van der Waals surface area contributed by atoms with Gasteiger partial charge in [0.1, 0.15) is 5.01 Å². The molecule has 1 aromatic carbocycles. The standard InChI is InChI=1S/C13H18N4O2S2/c1-3-11(13-16-6-7-20-13)17-12-5-4-9(8-10(12)14)21(18,19)15-2/h4-8,11,15,17H,3,14H2,1-2H3. The lowest BCUT2D eigenvalue weighted by Crippen LogP contribution is -2.19. The Morgan fingerprint density at radius 1 is 1.43 bits per heavy atom. The summed E-state index contributed by atoms with van der Waals surface area (Å²) in [4.78, 5) is 4.44. The summed E-state index contributed by atoms with van der Waals surface area (Å²) in [7, 11) is -2.11. The van der Waals surface area contributed by atoms with Gasteiger partial charge in [-0.05, 0) is 31.7 Å². The number of nitrogens with zero attached hydrogens (tertiary/aromatic N) is 1. The zero-order valence-corrected chi connectivity index (χ0v) is 13.5. The van der Waals surface area contributed by atoms with Crippen LogP contribution in [0.25, 0.3) is 0 Å². The molecule has 2 rings (SSSR count). The van der Waals surface area contributed by atoms with E-state index in [9.17, 15) is 8.42 Å². The molecule has 0 fully saturated rings. The van der Waals surface area contributed by atoms with E-state index in [4.69, 9.17) is 5.73 Å². The van der Waals surface area contributed by atoms with Crippen LogP contribution in [0, 0.1) is 0 Å². The van der Waals surface area contributed by atoms with Gasteiger partial charge in [-0.15, -0.1) is 11.3 Å². The van der Waals surface area contributed by atoms with Crippen LogP contribution in [0.4, 0.5) is 11.4 Å². The van der Waals surface area contributed by atoms with E-state index in [2.05, 4.69) is 21.9 Å².